The summed E-state index contributed by atoms with van der Waals surface area (Å²) in [5, 5.41) is 18.2. The number of nitrogens with one attached hydrogen (secondary N) is 1. The molecule has 7 heteroatoms. The SMILES string of the molecule is N#Cc1ccnnc1Nc1ccc(F)c(F)c1F. The van der Waals surface area contributed by atoms with Crippen LogP contribution in [0.1, 0.15) is 5.56 Å². The van der Waals surface area contributed by atoms with Crippen molar-refractivity contribution in [3.05, 3.63) is 47.4 Å². The fourth-order valence-corrected chi connectivity index (χ4v) is 1.26. The maximum Gasteiger partial charge on any atom is 0.196 e. The van der Waals surface area contributed by atoms with Gasteiger partial charge in [0.05, 0.1) is 17.4 Å². The van der Waals surface area contributed by atoms with Crippen molar-refractivity contribution in [3.8, 4) is 6.07 Å². The molecule has 0 bridgehead atoms. The summed E-state index contributed by atoms with van der Waals surface area (Å²) >= 11 is 0. The summed E-state index contributed by atoms with van der Waals surface area (Å²) < 4.78 is 39.1. The molecule has 0 radical (unpaired) electrons. The molecule has 0 amide bonds. The zero-order valence-electron chi connectivity index (χ0n) is 8.78. The van der Waals surface area contributed by atoms with Crippen LogP contribution in [0.3, 0.4) is 0 Å². The summed E-state index contributed by atoms with van der Waals surface area (Å²) in [6.45, 7) is 0. The number of nitriles is 1. The largest absolute Gasteiger partial charge is 0.335 e. The average Bonchev–Trinajstić information content (AvgIpc) is 2.40. The Morgan fingerprint density at radius 3 is 2.61 bits per heavy atom. The quantitative estimate of drug-likeness (QED) is 0.832. The van der Waals surface area contributed by atoms with Gasteiger partial charge in [0.15, 0.2) is 23.3 Å². The second-order valence-electron chi connectivity index (χ2n) is 3.25. The van der Waals surface area contributed by atoms with E-state index < -0.39 is 17.5 Å². The van der Waals surface area contributed by atoms with Crippen molar-refractivity contribution in [2.75, 3.05) is 5.32 Å². The van der Waals surface area contributed by atoms with Crippen molar-refractivity contribution in [1.29, 1.82) is 5.26 Å². The molecule has 0 atom stereocenters. The Hall–Kier alpha value is -2.62. The van der Waals surface area contributed by atoms with Crippen LogP contribution >= 0.6 is 0 Å². The van der Waals surface area contributed by atoms with Crippen molar-refractivity contribution in [2.45, 2.75) is 0 Å². The van der Waals surface area contributed by atoms with E-state index in [0.717, 1.165) is 12.1 Å². The lowest BCUT2D eigenvalue weighted by Gasteiger charge is -2.07. The second-order valence-corrected chi connectivity index (χ2v) is 3.25. The molecule has 0 aliphatic heterocycles. The number of nitrogens with zero attached hydrogens (tertiary/aromatic N) is 3. The highest BCUT2D eigenvalue weighted by Crippen LogP contribution is 2.23. The minimum atomic E-state index is -1.60. The molecule has 0 spiro atoms. The van der Waals surface area contributed by atoms with Gasteiger partial charge >= 0.3 is 0 Å². The maximum absolute atomic E-state index is 13.4. The number of anilines is 2. The van der Waals surface area contributed by atoms with Crippen LogP contribution in [0.5, 0.6) is 0 Å². The van der Waals surface area contributed by atoms with Crippen molar-refractivity contribution in [3.63, 3.8) is 0 Å². The summed E-state index contributed by atoms with van der Waals surface area (Å²) in [6.07, 6.45) is 1.28. The van der Waals surface area contributed by atoms with Crippen LogP contribution in [0, 0.1) is 28.8 Å². The van der Waals surface area contributed by atoms with E-state index in [1.165, 1.54) is 12.3 Å². The van der Waals surface area contributed by atoms with Gasteiger partial charge in [-0.25, -0.2) is 13.2 Å². The molecule has 1 N–H and O–H groups in total. The summed E-state index contributed by atoms with van der Waals surface area (Å²) in [6, 6.07) is 4.93. The van der Waals surface area contributed by atoms with Gasteiger partial charge in [-0.1, -0.05) is 0 Å². The van der Waals surface area contributed by atoms with Crippen LogP contribution < -0.4 is 5.32 Å². The van der Waals surface area contributed by atoms with Crippen LogP contribution in [-0.2, 0) is 0 Å². The van der Waals surface area contributed by atoms with Gasteiger partial charge in [-0.2, -0.15) is 10.4 Å². The number of halogens is 3. The maximum atomic E-state index is 13.4. The van der Waals surface area contributed by atoms with Crippen molar-refractivity contribution in [2.24, 2.45) is 0 Å². The Morgan fingerprint density at radius 2 is 1.89 bits per heavy atom. The standard InChI is InChI=1S/C11H5F3N4/c12-7-1-2-8(10(14)9(7)13)17-11-6(5-15)3-4-16-18-11/h1-4H,(H,17,18). The number of benzene rings is 1. The zero-order valence-corrected chi connectivity index (χ0v) is 8.78. The van der Waals surface area contributed by atoms with E-state index in [2.05, 4.69) is 15.5 Å². The van der Waals surface area contributed by atoms with Gasteiger partial charge in [-0.15, -0.1) is 5.10 Å². The molecule has 2 aromatic rings. The van der Waals surface area contributed by atoms with E-state index in [1.54, 1.807) is 6.07 Å². The predicted octanol–water partition coefficient (Wildman–Crippen LogP) is 2.51. The summed E-state index contributed by atoms with van der Waals surface area (Å²) in [7, 11) is 0. The van der Waals surface area contributed by atoms with E-state index in [9.17, 15) is 13.2 Å². The lowest BCUT2D eigenvalue weighted by molar-refractivity contribution is 0.449. The van der Waals surface area contributed by atoms with Crippen LogP contribution in [0.25, 0.3) is 0 Å². The number of aromatic nitrogens is 2. The normalized spacial score (nSPS) is 9.89. The predicted molar refractivity (Wildman–Crippen MR) is 56.3 cm³/mol. The number of rotatable bonds is 2. The molecular formula is C11H5F3N4. The van der Waals surface area contributed by atoms with Gasteiger partial charge in [-0.3, -0.25) is 0 Å². The molecule has 0 fully saturated rings. The van der Waals surface area contributed by atoms with Crippen LogP contribution in [0.2, 0.25) is 0 Å². The topological polar surface area (TPSA) is 61.6 Å². The van der Waals surface area contributed by atoms with E-state index in [-0.39, 0.29) is 17.1 Å². The minimum Gasteiger partial charge on any atom is -0.335 e. The van der Waals surface area contributed by atoms with Gasteiger partial charge in [0.2, 0.25) is 0 Å². The molecule has 18 heavy (non-hydrogen) atoms. The molecular weight excluding hydrogens is 245 g/mol. The number of hydrogen-bond donors (Lipinski definition) is 1. The number of hydrogen-bond acceptors (Lipinski definition) is 4. The Bertz CT molecular complexity index is 637. The molecule has 0 saturated carbocycles. The molecule has 90 valence electrons. The van der Waals surface area contributed by atoms with Crippen LogP contribution in [-0.4, -0.2) is 10.2 Å². The smallest absolute Gasteiger partial charge is 0.196 e. The van der Waals surface area contributed by atoms with E-state index >= 15 is 0 Å². The molecule has 0 aliphatic rings. The highest BCUT2D eigenvalue weighted by Gasteiger charge is 2.14. The molecule has 0 aliphatic carbocycles. The summed E-state index contributed by atoms with van der Waals surface area (Å²) in [5.41, 5.74) is -0.222. The Morgan fingerprint density at radius 1 is 1.11 bits per heavy atom. The van der Waals surface area contributed by atoms with Crippen molar-refractivity contribution >= 4 is 11.5 Å². The first-order valence-corrected chi connectivity index (χ1v) is 4.76. The van der Waals surface area contributed by atoms with Crippen molar-refractivity contribution in [1.82, 2.24) is 10.2 Å². The third-order valence-corrected chi connectivity index (χ3v) is 2.13. The van der Waals surface area contributed by atoms with Gasteiger partial charge in [0, 0.05) is 0 Å². The highest BCUT2D eigenvalue weighted by molar-refractivity contribution is 5.62. The Kier molecular flexibility index (Phi) is 3.10. The minimum absolute atomic E-state index is 0.0371. The third kappa shape index (κ3) is 2.08. The summed E-state index contributed by atoms with van der Waals surface area (Å²) in [4.78, 5) is 0. The monoisotopic (exact) mass is 250 g/mol. The molecule has 0 unspecified atom stereocenters. The van der Waals surface area contributed by atoms with Gasteiger partial charge in [0.25, 0.3) is 0 Å². The molecule has 1 aromatic heterocycles. The van der Waals surface area contributed by atoms with E-state index in [4.69, 9.17) is 5.26 Å². The van der Waals surface area contributed by atoms with Gasteiger partial charge in [-0.05, 0) is 18.2 Å². The first-order valence-electron chi connectivity index (χ1n) is 4.76. The lowest BCUT2D eigenvalue weighted by atomic mass is 10.2. The van der Waals surface area contributed by atoms with E-state index in [1.807, 2.05) is 0 Å². The third-order valence-electron chi connectivity index (χ3n) is 2.13. The lowest BCUT2D eigenvalue weighted by Crippen LogP contribution is -2.02. The fraction of sp³-hybridized carbons (Fsp3) is 0. The second kappa shape index (κ2) is 4.71. The Balaban J connectivity index is 2.41. The van der Waals surface area contributed by atoms with Gasteiger partial charge < -0.3 is 5.32 Å². The summed E-state index contributed by atoms with van der Waals surface area (Å²) in [5.74, 6) is -4.31. The van der Waals surface area contributed by atoms with Gasteiger partial charge in [0.1, 0.15) is 6.07 Å². The fourth-order valence-electron chi connectivity index (χ4n) is 1.26. The molecule has 4 nitrogen and oxygen atoms in total. The average molecular weight is 250 g/mol. The molecule has 1 heterocycles. The van der Waals surface area contributed by atoms with Crippen LogP contribution in [0.4, 0.5) is 24.7 Å². The molecule has 0 saturated heterocycles. The highest BCUT2D eigenvalue weighted by atomic mass is 19.2. The zero-order chi connectivity index (χ0) is 13.1. The van der Waals surface area contributed by atoms with Crippen LogP contribution in [0.15, 0.2) is 24.4 Å². The molecule has 1 aromatic carbocycles. The first kappa shape index (κ1) is 11.9. The molecule has 2 rings (SSSR count). The first-order chi connectivity index (χ1) is 8.63. The van der Waals surface area contributed by atoms with Crippen molar-refractivity contribution < 1.29 is 13.2 Å². The Labute approximate surface area is 99.7 Å². The van der Waals surface area contributed by atoms with E-state index in [0.29, 0.717) is 0 Å².